The van der Waals surface area contributed by atoms with Gasteiger partial charge in [0, 0.05) is 5.92 Å². The molecule has 0 spiro atoms. The van der Waals surface area contributed by atoms with Crippen molar-refractivity contribution in [3.05, 3.63) is 23.5 Å². The second kappa shape index (κ2) is 6.24. The Morgan fingerprint density at radius 3 is 2.57 bits per heavy atom. The number of methoxy groups -OCH3 is 1. The van der Waals surface area contributed by atoms with Crippen molar-refractivity contribution >= 4 is 20.6 Å². The van der Waals surface area contributed by atoms with E-state index in [4.69, 9.17) is 13.9 Å². The topological polar surface area (TPSA) is 61.8 Å². The molecule has 0 saturated heterocycles. The molecular formula is C17H26O5Si-. The lowest BCUT2D eigenvalue weighted by Gasteiger charge is -2.52. The maximum Gasteiger partial charge on any atom is 0.337 e. The highest BCUT2D eigenvalue weighted by Crippen LogP contribution is 2.46. The monoisotopic (exact) mass is 338 g/mol. The number of hydrogen-bond donors (Lipinski definition) is 0. The maximum atomic E-state index is 11.9. The summed E-state index contributed by atoms with van der Waals surface area (Å²) in [6.07, 6.45) is 4.26. The van der Waals surface area contributed by atoms with Crippen LogP contribution in [0, 0.1) is 11.8 Å². The van der Waals surface area contributed by atoms with Crippen LogP contribution in [0.1, 0.15) is 27.2 Å². The second-order valence-electron chi connectivity index (χ2n) is 7.64. The molecule has 3 unspecified atom stereocenters. The van der Waals surface area contributed by atoms with Crippen molar-refractivity contribution in [3.8, 4) is 0 Å². The molecule has 5 nitrogen and oxygen atoms in total. The predicted molar refractivity (Wildman–Crippen MR) is 89.0 cm³/mol. The molecule has 0 N–H and O–H groups in total. The molecule has 0 aromatic rings. The quantitative estimate of drug-likeness (QED) is 0.447. The van der Waals surface area contributed by atoms with E-state index in [0.717, 1.165) is 6.29 Å². The number of allylic oxidation sites excluding steroid dienone is 1. The third kappa shape index (κ3) is 3.28. The van der Waals surface area contributed by atoms with Gasteiger partial charge in [0.15, 0.2) is 6.29 Å². The first kappa shape index (κ1) is 17.9. The third-order valence-electron chi connectivity index (χ3n) is 5.22. The Hall–Kier alpha value is -1.40. The molecule has 129 valence electrons. The molecule has 1 heterocycles. The summed E-state index contributed by atoms with van der Waals surface area (Å²) < 4.78 is 16.9. The van der Waals surface area contributed by atoms with Gasteiger partial charge in [-0.25, -0.2) is 4.79 Å². The van der Waals surface area contributed by atoms with Gasteiger partial charge in [-0.3, -0.25) is 4.79 Å². The smallest absolute Gasteiger partial charge is 0.337 e. The Kier molecular flexibility index (Phi) is 4.87. The first-order chi connectivity index (χ1) is 10.6. The van der Waals surface area contributed by atoms with Crippen molar-refractivity contribution in [2.45, 2.75) is 51.6 Å². The molecular weight excluding hydrogens is 312 g/mol. The number of carbonyl (C=O) groups is 2. The van der Waals surface area contributed by atoms with E-state index in [-0.39, 0.29) is 16.9 Å². The molecule has 1 aliphatic carbocycles. The van der Waals surface area contributed by atoms with E-state index in [1.807, 2.05) is 6.08 Å². The lowest BCUT2D eigenvalue weighted by Crippen LogP contribution is -2.48. The van der Waals surface area contributed by atoms with E-state index < -0.39 is 20.6 Å². The van der Waals surface area contributed by atoms with Crippen molar-refractivity contribution in [2.24, 2.45) is 11.8 Å². The fraction of sp³-hybridized carbons (Fsp3) is 0.647. The molecule has 0 radical (unpaired) electrons. The standard InChI is InChI=1S/C17H26O5Si/c1-17(2,3)23(5,6)22-16-14-11(9-18)7-8-12(14)13(10-21-16)15(19)20-4/h7,9-10,12,14,16H,8H2,1-6H3/q-1. The zero-order chi connectivity index (χ0) is 17.4. The van der Waals surface area contributed by atoms with E-state index >= 15 is 0 Å². The Balaban J connectivity index is 2.31. The van der Waals surface area contributed by atoms with Crippen molar-refractivity contribution in [3.63, 3.8) is 0 Å². The van der Waals surface area contributed by atoms with Crippen molar-refractivity contribution < 1.29 is 23.5 Å². The van der Waals surface area contributed by atoms with Crippen LogP contribution in [0.15, 0.2) is 23.5 Å². The molecule has 3 atom stereocenters. The van der Waals surface area contributed by atoms with E-state index in [9.17, 15) is 9.59 Å². The summed E-state index contributed by atoms with van der Waals surface area (Å²) in [5.41, 5.74) is 1.12. The number of ether oxygens (including phenoxy) is 2. The Morgan fingerprint density at radius 1 is 1.39 bits per heavy atom. The summed E-state index contributed by atoms with van der Waals surface area (Å²) in [5.74, 6) is -0.779. The molecule has 0 aromatic carbocycles. The average molecular weight is 338 g/mol. The third-order valence-corrected chi connectivity index (χ3v) is 9.66. The van der Waals surface area contributed by atoms with Crippen molar-refractivity contribution in [1.29, 1.82) is 0 Å². The van der Waals surface area contributed by atoms with Gasteiger partial charge in [0.25, 0.3) is 0 Å². The summed E-state index contributed by atoms with van der Waals surface area (Å²) >= 11 is 0. The molecule has 0 aromatic heterocycles. The Morgan fingerprint density at radius 2 is 2.04 bits per heavy atom. The molecule has 0 amide bonds. The first-order valence-corrected chi connectivity index (χ1v) is 10.8. The van der Waals surface area contributed by atoms with Crippen molar-refractivity contribution in [2.75, 3.05) is 7.11 Å². The summed E-state index contributed by atoms with van der Waals surface area (Å²) in [4.78, 5) is 23.4. The zero-order valence-electron chi connectivity index (χ0n) is 14.7. The number of carbonyl (C=O) groups excluding carboxylic acids is 2. The van der Waals surface area contributed by atoms with Crippen LogP contribution in [0.2, 0.25) is 18.1 Å². The van der Waals surface area contributed by atoms with Crippen LogP contribution in [-0.4, -0.2) is 34.0 Å². The van der Waals surface area contributed by atoms with Crippen LogP contribution in [0.25, 0.3) is 0 Å². The first-order valence-electron chi connectivity index (χ1n) is 7.89. The van der Waals surface area contributed by atoms with E-state index in [2.05, 4.69) is 33.9 Å². The highest BCUT2D eigenvalue weighted by atomic mass is 28.4. The number of hydrogen-bond acceptors (Lipinski definition) is 5. The SMILES string of the molecule is COC(=O)C1=COC(O[Si-](C)(C)C(C)(C)C)C2C(C=O)=CCC12. The maximum absolute atomic E-state index is 11.9. The molecule has 0 bridgehead atoms. The largest absolute Gasteiger partial charge is 0.533 e. The van der Waals surface area contributed by atoms with Gasteiger partial charge in [0.1, 0.15) is 6.29 Å². The van der Waals surface area contributed by atoms with Crippen LogP contribution in [0.5, 0.6) is 0 Å². The minimum Gasteiger partial charge on any atom is -0.533 e. The molecule has 23 heavy (non-hydrogen) atoms. The molecule has 0 saturated carbocycles. The number of aldehydes is 1. The number of fused-ring (bicyclic) bond motifs is 1. The van der Waals surface area contributed by atoms with Crippen LogP contribution in [0.4, 0.5) is 0 Å². The number of rotatable bonds is 4. The van der Waals surface area contributed by atoms with Crippen LogP contribution < -0.4 is 0 Å². The van der Waals surface area contributed by atoms with Crippen LogP contribution in [0.3, 0.4) is 0 Å². The highest BCUT2D eigenvalue weighted by Gasteiger charge is 2.45. The lowest BCUT2D eigenvalue weighted by atomic mass is 9.84. The summed E-state index contributed by atoms with van der Waals surface area (Å²) in [7, 11) is -0.719. The lowest BCUT2D eigenvalue weighted by molar-refractivity contribution is -0.141. The van der Waals surface area contributed by atoms with Crippen molar-refractivity contribution in [1.82, 2.24) is 0 Å². The normalized spacial score (nSPS) is 27.5. The molecule has 2 aliphatic rings. The highest BCUT2D eigenvalue weighted by molar-refractivity contribution is 6.74. The molecule has 1 aliphatic heterocycles. The van der Waals surface area contributed by atoms with Gasteiger partial charge >= 0.3 is 5.97 Å². The minimum atomic E-state index is -2.07. The van der Waals surface area contributed by atoms with E-state index in [0.29, 0.717) is 17.6 Å². The van der Waals surface area contributed by atoms with Gasteiger partial charge in [0.2, 0.25) is 0 Å². The average Bonchev–Trinajstić information content (AvgIpc) is 2.89. The molecule has 2 rings (SSSR count). The van der Waals surface area contributed by atoms with Crippen LogP contribution >= 0.6 is 0 Å². The zero-order valence-corrected chi connectivity index (χ0v) is 15.7. The Labute approximate surface area is 138 Å². The van der Waals surface area contributed by atoms with Gasteiger partial charge < -0.3 is 13.9 Å². The second-order valence-corrected chi connectivity index (χ2v) is 12.4. The van der Waals surface area contributed by atoms with Gasteiger partial charge in [-0.15, -0.1) is 18.1 Å². The fourth-order valence-electron chi connectivity index (χ4n) is 2.77. The minimum absolute atomic E-state index is 0.0296. The van der Waals surface area contributed by atoms with Gasteiger partial charge in [-0.1, -0.05) is 26.8 Å². The summed E-state index contributed by atoms with van der Waals surface area (Å²) in [6.45, 7) is 10.7. The fourth-order valence-corrected chi connectivity index (χ4v) is 3.91. The van der Waals surface area contributed by atoms with Gasteiger partial charge in [-0.2, -0.15) is 0 Å². The number of esters is 1. The molecule has 0 fully saturated rings. The van der Waals surface area contributed by atoms with E-state index in [1.54, 1.807) is 0 Å². The predicted octanol–water partition coefficient (Wildman–Crippen LogP) is 3.18. The Bertz CT molecular complexity index is 556. The van der Waals surface area contributed by atoms with Gasteiger partial charge in [-0.05, 0) is 20.3 Å². The van der Waals surface area contributed by atoms with E-state index in [1.165, 1.54) is 13.4 Å². The van der Waals surface area contributed by atoms with Crippen LogP contribution in [-0.2, 0) is 23.5 Å². The van der Waals surface area contributed by atoms with Gasteiger partial charge in [0.05, 0.1) is 24.9 Å². The summed E-state index contributed by atoms with van der Waals surface area (Å²) in [6, 6.07) is 0. The summed E-state index contributed by atoms with van der Waals surface area (Å²) in [5, 5.41) is 0.0296. The molecule has 6 heteroatoms.